The predicted molar refractivity (Wildman–Crippen MR) is 128 cm³/mol. The number of nitrogens with two attached hydrogens (primary N) is 1. The first kappa shape index (κ1) is 25.8. The second-order valence-electron chi connectivity index (χ2n) is 7.40. The number of fused-ring (bicyclic) bond motifs is 1. The van der Waals surface area contributed by atoms with Gasteiger partial charge in [-0.05, 0) is 36.4 Å². The first-order valence-electron chi connectivity index (χ1n) is 10.7. The van der Waals surface area contributed by atoms with Gasteiger partial charge in [0.25, 0.3) is 5.91 Å². The van der Waals surface area contributed by atoms with E-state index >= 15 is 0 Å². The van der Waals surface area contributed by atoms with Crippen molar-refractivity contribution in [2.24, 2.45) is 5.73 Å². The molecule has 14 heteroatoms. The van der Waals surface area contributed by atoms with Gasteiger partial charge in [-0.25, -0.2) is 4.79 Å². The van der Waals surface area contributed by atoms with E-state index < -0.39 is 42.9 Å². The standard InChI is InChI=1S/C22H25N7O7/c23-21(24)26-13-3-1-12(2-4-13)19(32)29-18(31)10-25-20(33)15(11-30)28-22(34)27-14-5-6-16-17(9-14)36-8-7-35-16/h1-6,9,15,30H,7-8,10-11H2,(H,25,33)(H4,23,24,26)(H2,27,28,34)(H,29,31,32)/t15-/m0/s1. The number of amides is 5. The molecule has 1 aliphatic heterocycles. The van der Waals surface area contributed by atoms with Crippen LogP contribution in [0.3, 0.4) is 0 Å². The maximum absolute atomic E-state index is 12.3. The van der Waals surface area contributed by atoms with Crippen LogP contribution >= 0.6 is 0 Å². The summed E-state index contributed by atoms with van der Waals surface area (Å²) in [6.45, 7) is -0.510. The third-order valence-corrected chi connectivity index (χ3v) is 4.71. The first-order valence-corrected chi connectivity index (χ1v) is 10.7. The Labute approximate surface area is 205 Å². The smallest absolute Gasteiger partial charge is 0.319 e. The molecule has 1 heterocycles. The summed E-state index contributed by atoms with van der Waals surface area (Å²) in [6, 6.07) is 8.45. The average molecular weight is 499 g/mol. The largest absolute Gasteiger partial charge is 0.486 e. The lowest BCUT2D eigenvalue weighted by molar-refractivity contribution is -0.127. The summed E-state index contributed by atoms with van der Waals surface area (Å²) in [4.78, 5) is 48.8. The Balaban J connectivity index is 1.45. The number of carbonyl (C=O) groups is 4. The predicted octanol–water partition coefficient (Wildman–Crippen LogP) is -0.682. The van der Waals surface area contributed by atoms with Crippen LogP contribution in [0.2, 0.25) is 0 Å². The summed E-state index contributed by atoms with van der Waals surface area (Å²) in [5.74, 6) is -1.62. The highest BCUT2D eigenvalue weighted by Crippen LogP contribution is 2.32. The molecule has 14 nitrogen and oxygen atoms in total. The lowest BCUT2D eigenvalue weighted by atomic mass is 10.2. The molecular weight excluding hydrogens is 474 g/mol. The van der Waals surface area contributed by atoms with Crippen molar-refractivity contribution >= 4 is 41.1 Å². The van der Waals surface area contributed by atoms with Crippen LogP contribution in [0, 0.1) is 5.41 Å². The van der Waals surface area contributed by atoms with E-state index in [9.17, 15) is 24.3 Å². The summed E-state index contributed by atoms with van der Waals surface area (Å²) < 4.78 is 10.8. The zero-order chi connectivity index (χ0) is 26.1. The molecule has 1 atom stereocenters. The minimum Gasteiger partial charge on any atom is -0.486 e. The topological polar surface area (TPSA) is 217 Å². The van der Waals surface area contributed by atoms with E-state index in [0.29, 0.717) is 36.1 Å². The van der Waals surface area contributed by atoms with Gasteiger partial charge in [0, 0.05) is 23.0 Å². The maximum atomic E-state index is 12.3. The Morgan fingerprint density at radius 3 is 2.31 bits per heavy atom. The van der Waals surface area contributed by atoms with E-state index in [-0.39, 0.29) is 11.5 Å². The molecule has 5 amide bonds. The Kier molecular flexibility index (Phi) is 8.61. The number of anilines is 2. The van der Waals surface area contributed by atoms with Crippen molar-refractivity contribution in [2.75, 3.05) is 37.0 Å². The second-order valence-corrected chi connectivity index (χ2v) is 7.40. The molecule has 0 aliphatic carbocycles. The number of rotatable bonds is 8. The number of ether oxygens (including phenoxy) is 2. The van der Waals surface area contributed by atoms with Crippen molar-refractivity contribution in [3.05, 3.63) is 48.0 Å². The number of benzene rings is 2. The molecule has 0 spiro atoms. The molecule has 0 saturated heterocycles. The molecule has 9 N–H and O–H groups in total. The van der Waals surface area contributed by atoms with Crippen LogP contribution in [0.15, 0.2) is 42.5 Å². The molecule has 1 aliphatic rings. The van der Waals surface area contributed by atoms with Gasteiger partial charge in [0.1, 0.15) is 19.3 Å². The van der Waals surface area contributed by atoms with Gasteiger partial charge in [-0.2, -0.15) is 0 Å². The molecular formula is C22H25N7O7. The molecule has 0 fully saturated rings. The van der Waals surface area contributed by atoms with E-state index in [4.69, 9.17) is 20.6 Å². The van der Waals surface area contributed by atoms with Crippen LogP contribution in [0.4, 0.5) is 16.2 Å². The van der Waals surface area contributed by atoms with Crippen molar-refractivity contribution in [2.45, 2.75) is 6.04 Å². The van der Waals surface area contributed by atoms with E-state index in [1.54, 1.807) is 18.2 Å². The molecule has 0 aromatic heterocycles. The number of hydrogen-bond donors (Lipinski definition) is 8. The van der Waals surface area contributed by atoms with Gasteiger partial charge in [0.15, 0.2) is 17.5 Å². The Bertz CT molecular complexity index is 1150. The van der Waals surface area contributed by atoms with E-state index in [2.05, 4.69) is 26.6 Å². The van der Waals surface area contributed by atoms with Crippen LogP contribution in [0.25, 0.3) is 0 Å². The fourth-order valence-electron chi connectivity index (χ4n) is 3.03. The van der Waals surface area contributed by atoms with Gasteiger partial charge in [-0.3, -0.25) is 25.1 Å². The SMILES string of the molecule is N=C(N)Nc1ccc(C(=O)NC(=O)CNC(=O)[C@H](CO)NC(=O)Nc2ccc3c(c2)OCCO3)cc1. The number of aliphatic hydroxyl groups excluding tert-OH is 1. The number of guanidine groups is 1. The Morgan fingerprint density at radius 2 is 1.64 bits per heavy atom. The zero-order valence-corrected chi connectivity index (χ0v) is 18.9. The van der Waals surface area contributed by atoms with Gasteiger partial charge >= 0.3 is 6.03 Å². The minimum absolute atomic E-state index is 0.162. The molecule has 190 valence electrons. The number of urea groups is 1. The highest BCUT2D eigenvalue weighted by molar-refractivity contribution is 6.06. The van der Waals surface area contributed by atoms with Gasteiger partial charge in [0.05, 0.1) is 13.2 Å². The van der Waals surface area contributed by atoms with Gasteiger partial charge < -0.3 is 41.6 Å². The first-order chi connectivity index (χ1) is 17.2. The van der Waals surface area contributed by atoms with Crippen LogP contribution in [0.5, 0.6) is 11.5 Å². The number of carbonyl (C=O) groups excluding carboxylic acids is 4. The van der Waals surface area contributed by atoms with Gasteiger partial charge in [-0.1, -0.05) is 0 Å². The minimum atomic E-state index is -1.35. The van der Waals surface area contributed by atoms with Crippen molar-refractivity contribution in [3.63, 3.8) is 0 Å². The highest BCUT2D eigenvalue weighted by Gasteiger charge is 2.21. The van der Waals surface area contributed by atoms with Crippen molar-refractivity contribution in [1.82, 2.24) is 16.0 Å². The molecule has 0 bridgehead atoms. The third-order valence-electron chi connectivity index (χ3n) is 4.71. The highest BCUT2D eigenvalue weighted by atomic mass is 16.6. The van der Waals surface area contributed by atoms with E-state index in [0.717, 1.165) is 0 Å². The summed E-state index contributed by atoms with van der Waals surface area (Å²) in [6.07, 6.45) is 0. The van der Waals surface area contributed by atoms with Crippen LogP contribution in [-0.4, -0.2) is 67.2 Å². The summed E-state index contributed by atoms with van der Waals surface area (Å²) in [5, 5.41) is 28.3. The average Bonchev–Trinajstić information content (AvgIpc) is 2.85. The van der Waals surface area contributed by atoms with Gasteiger partial charge in [0.2, 0.25) is 11.8 Å². The van der Waals surface area contributed by atoms with E-state index in [1.807, 2.05) is 0 Å². The van der Waals surface area contributed by atoms with E-state index in [1.165, 1.54) is 24.3 Å². The molecule has 0 unspecified atom stereocenters. The quantitative estimate of drug-likeness (QED) is 0.170. The second kappa shape index (κ2) is 12.0. The van der Waals surface area contributed by atoms with Gasteiger partial charge in [-0.15, -0.1) is 0 Å². The zero-order valence-electron chi connectivity index (χ0n) is 18.9. The molecule has 0 radical (unpaired) electrons. The number of hydrogen-bond acceptors (Lipinski definition) is 8. The van der Waals surface area contributed by atoms with Crippen LogP contribution < -0.4 is 41.8 Å². The van der Waals surface area contributed by atoms with Crippen molar-refractivity contribution in [3.8, 4) is 11.5 Å². The lowest BCUT2D eigenvalue weighted by Crippen LogP contribution is -2.52. The third kappa shape index (κ3) is 7.33. The monoisotopic (exact) mass is 499 g/mol. The molecule has 2 aromatic carbocycles. The van der Waals surface area contributed by atoms with Crippen LogP contribution in [0.1, 0.15) is 10.4 Å². The van der Waals surface area contributed by atoms with Crippen molar-refractivity contribution < 1.29 is 33.8 Å². The molecule has 0 saturated carbocycles. The number of imide groups is 1. The summed E-state index contributed by atoms with van der Waals surface area (Å²) in [5.41, 5.74) is 6.24. The molecule has 36 heavy (non-hydrogen) atoms. The number of aliphatic hydroxyl groups is 1. The van der Waals surface area contributed by atoms with Crippen LogP contribution in [-0.2, 0) is 9.59 Å². The lowest BCUT2D eigenvalue weighted by Gasteiger charge is -2.20. The Hall–Kier alpha value is -4.85. The summed E-state index contributed by atoms with van der Waals surface area (Å²) in [7, 11) is 0. The molecule has 3 rings (SSSR count). The summed E-state index contributed by atoms with van der Waals surface area (Å²) >= 11 is 0. The normalized spacial score (nSPS) is 12.5. The Morgan fingerprint density at radius 1 is 0.972 bits per heavy atom. The maximum Gasteiger partial charge on any atom is 0.319 e. The van der Waals surface area contributed by atoms with Crippen molar-refractivity contribution in [1.29, 1.82) is 5.41 Å². The fraction of sp³-hybridized carbons (Fsp3) is 0.227. The number of nitrogens with one attached hydrogen (secondary N) is 6. The fourth-order valence-corrected chi connectivity index (χ4v) is 3.03. The molecule has 2 aromatic rings.